The smallest absolute Gasteiger partial charge is 0.244 e. The molecule has 1 aromatic carbocycles. The molecular formula is C23H28FN7O. The highest BCUT2D eigenvalue weighted by Gasteiger charge is 2.24. The summed E-state index contributed by atoms with van der Waals surface area (Å²) in [6.45, 7) is 8.65. The highest BCUT2D eigenvalue weighted by Crippen LogP contribution is 2.20. The Hall–Kier alpha value is -3.36. The summed E-state index contributed by atoms with van der Waals surface area (Å²) in [6.07, 6.45) is 4.15. The Morgan fingerprint density at radius 1 is 1.12 bits per heavy atom. The molecule has 0 unspecified atom stereocenters. The fraction of sp³-hybridized carbons (Fsp3) is 0.435. The second kappa shape index (κ2) is 9.42. The zero-order valence-corrected chi connectivity index (χ0v) is 18.7. The van der Waals surface area contributed by atoms with Crippen molar-refractivity contribution in [3.63, 3.8) is 0 Å². The van der Waals surface area contributed by atoms with Crippen molar-refractivity contribution in [3.8, 4) is 11.4 Å². The van der Waals surface area contributed by atoms with Crippen LogP contribution in [0.2, 0.25) is 0 Å². The van der Waals surface area contributed by atoms with Crippen molar-refractivity contribution in [2.75, 3.05) is 31.1 Å². The SMILES string of the molecule is Cc1cc(-c2nc(CC(C)C)n(CC(=O)N3CCN(c4ncccn4)CC3)n2)ccc1F. The molecule has 3 heterocycles. The van der Waals surface area contributed by atoms with Gasteiger partial charge >= 0.3 is 0 Å². The second-order valence-electron chi connectivity index (χ2n) is 8.49. The first-order valence-corrected chi connectivity index (χ1v) is 10.9. The van der Waals surface area contributed by atoms with Crippen LogP contribution in [0.4, 0.5) is 10.3 Å². The molecule has 0 radical (unpaired) electrons. The molecule has 4 rings (SSSR count). The van der Waals surface area contributed by atoms with Crippen molar-refractivity contribution in [2.24, 2.45) is 5.92 Å². The van der Waals surface area contributed by atoms with Crippen LogP contribution >= 0.6 is 0 Å². The third kappa shape index (κ3) is 4.92. The number of hydrogen-bond donors (Lipinski definition) is 0. The summed E-state index contributed by atoms with van der Waals surface area (Å²) in [7, 11) is 0. The molecular weight excluding hydrogens is 409 g/mol. The predicted molar refractivity (Wildman–Crippen MR) is 120 cm³/mol. The van der Waals surface area contributed by atoms with E-state index in [0.29, 0.717) is 55.9 Å². The first kappa shape index (κ1) is 21.9. The lowest BCUT2D eigenvalue weighted by molar-refractivity contribution is -0.132. The Bertz CT molecular complexity index is 1080. The van der Waals surface area contributed by atoms with Gasteiger partial charge in [0, 0.05) is 50.6 Å². The fourth-order valence-corrected chi connectivity index (χ4v) is 3.76. The molecule has 0 N–H and O–H groups in total. The van der Waals surface area contributed by atoms with Gasteiger partial charge in [0.25, 0.3) is 0 Å². The molecule has 0 spiro atoms. The van der Waals surface area contributed by atoms with Crippen LogP contribution in [0.5, 0.6) is 0 Å². The molecule has 1 amide bonds. The van der Waals surface area contributed by atoms with Crippen LogP contribution in [0.3, 0.4) is 0 Å². The zero-order chi connectivity index (χ0) is 22.7. The lowest BCUT2D eigenvalue weighted by Crippen LogP contribution is -2.50. The van der Waals surface area contributed by atoms with Gasteiger partial charge in [0.05, 0.1) is 0 Å². The number of amides is 1. The summed E-state index contributed by atoms with van der Waals surface area (Å²) in [6, 6.07) is 6.63. The summed E-state index contributed by atoms with van der Waals surface area (Å²) in [5.41, 5.74) is 1.29. The van der Waals surface area contributed by atoms with E-state index in [1.54, 1.807) is 42.2 Å². The second-order valence-corrected chi connectivity index (χ2v) is 8.49. The molecule has 2 aromatic heterocycles. The van der Waals surface area contributed by atoms with Crippen molar-refractivity contribution < 1.29 is 9.18 Å². The number of nitrogens with zero attached hydrogens (tertiary/aromatic N) is 7. The minimum absolute atomic E-state index is 0.00960. The highest BCUT2D eigenvalue weighted by atomic mass is 19.1. The largest absolute Gasteiger partial charge is 0.338 e. The van der Waals surface area contributed by atoms with Crippen LogP contribution in [-0.2, 0) is 17.8 Å². The molecule has 32 heavy (non-hydrogen) atoms. The van der Waals surface area contributed by atoms with E-state index in [4.69, 9.17) is 0 Å². The van der Waals surface area contributed by atoms with Crippen molar-refractivity contribution in [3.05, 3.63) is 53.9 Å². The number of hydrogen-bond acceptors (Lipinski definition) is 6. The van der Waals surface area contributed by atoms with Crippen LogP contribution < -0.4 is 4.90 Å². The van der Waals surface area contributed by atoms with E-state index < -0.39 is 0 Å². The van der Waals surface area contributed by atoms with Gasteiger partial charge in [-0.15, -0.1) is 0 Å². The van der Waals surface area contributed by atoms with Gasteiger partial charge in [-0.2, -0.15) is 5.10 Å². The molecule has 1 aliphatic heterocycles. The van der Waals surface area contributed by atoms with Crippen molar-refractivity contribution in [2.45, 2.75) is 33.7 Å². The van der Waals surface area contributed by atoms with Crippen LogP contribution in [0, 0.1) is 18.7 Å². The third-order valence-corrected chi connectivity index (χ3v) is 5.51. The fourth-order valence-electron chi connectivity index (χ4n) is 3.76. The standard InChI is InChI=1S/C23H28FN7O/c1-16(2)13-20-27-22(18-5-6-19(24)17(3)14-18)28-31(20)15-21(32)29-9-11-30(12-10-29)23-25-7-4-8-26-23/h4-8,14,16H,9-13,15H2,1-3H3. The van der Waals surface area contributed by atoms with E-state index in [9.17, 15) is 9.18 Å². The Kier molecular flexibility index (Phi) is 6.43. The molecule has 0 bridgehead atoms. The first-order chi connectivity index (χ1) is 15.4. The minimum atomic E-state index is -0.259. The lowest BCUT2D eigenvalue weighted by atomic mass is 10.1. The molecule has 0 atom stereocenters. The van der Waals surface area contributed by atoms with Gasteiger partial charge in [0.1, 0.15) is 18.2 Å². The van der Waals surface area contributed by atoms with Gasteiger partial charge in [-0.3, -0.25) is 4.79 Å². The van der Waals surface area contributed by atoms with E-state index in [2.05, 4.69) is 38.8 Å². The highest BCUT2D eigenvalue weighted by molar-refractivity contribution is 5.76. The Morgan fingerprint density at radius 3 is 2.50 bits per heavy atom. The molecule has 3 aromatic rings. The normalized spacial score (nSPS) is 14.3. The van der Waals surface area contributed by atoms with Gasteiger partial charge in [0.2, 0.25) is 11.9 Å². The van der Waals surface area contributed by atoms with E-state index in [0.717, 1.165) is 11.4 Å². The molecule has 1 aliphatic rings. The quantitative estimate of drug-likeness (QED) is 0.590. The van der Waals surface area contributed by atoms with Crippen LogP contribution in [0.15, 0.2) is 36.7 Å². The van der Waals surface area contributed by atoms with E-state index in [1.165, 1.54) is 6.07 Å². The number of halogens is 1. The Balaban J connectivity index is 1.47. The van der Waals surface area contributed by atoms with Gasteiger partial charge in [-0.1, -0.05) is 13.8 Å². The molecule has 168 valence electrons. The molecule has 9 heteroatoms. The van der Waals surface area contributed by atoms with E-state index in [-0.39, 0.29) is 18.3 Å². The summed E-state index contributed by atoms with van der Waals surface area (Å²) in [4.78, 5) is 30.2. The summed E-state index contributed by atoms with van der Waals surface area (Å²) in [5.74, 6) is 2.09. The number of piperazine rings is 1. The maximum atomic E-state index is 13.7. The summed E-state index contributed by atoms with van der Waals surface area (Å²) < 4.78 is 15.4. The molecule has 8 nitrogen and oxygen atoms in total. The molecule has 0 aliphatic carbocycles. The first-order valence-electron chi connectivity index (χ1n) is 10.9. The number of aryl methyl sites for hydroxylation is 1. The summed E-state index contributed by atoms with van der Waals surface area (Å²) in [5, 5.41) is 4.61. The maximum Gasteiger partial charge on any atom is 0.244 e. The van der Waals surface area contributed by atoms with Gasteiger partial charge in [-0.05, 0) is 42.7 Å². The predicted octanol–water partition coefficient (Wildman–Crippen LogP) is 2.73. The van der Waals surface area contributed by atoms with Crippen LogP contribution in [0.25, 0.3) is 11.4 Å². The lowest BCUT2D eigenvalue weighted by Gasteiger charge is -2.34. The monoisotopic (exact) mass is 437 g/mol. The number of anilines is 1. The number of carbonyl (C=O) groups excluding carboxylic acids is 1. The van der Waals surface area contributed by atoms with Crippen molar-refractivity contribution >= 4 is 11.9 Å². The van der Waals surface area contributed by atoms with Gasteiger partial charge < -0.3 is 9.80 Å². The number of benzene rings is 1. The molecule has 1 saturated heterocycles. The maximum absolute atomic E-state index is 13.7. The van der Waals surface area contributed by atoms with E-state index in [1.807, 2.05) is 4.90 Å². The molecule has 0 saturated carbocycles. The zero-order valence-electron chi connectivity index (χ0n) is 18.7. The van der Waals surface area contributed by atoms with Crippen molar-refractivity contribution in [1.82, 2.24) is 29.6 Å². The average molecular weight is 438 g/mol. The Labute approximate surface area is 187 Å². The third-order valence-electron chi connectivity index (χ3n) is 5.51. The van der Waals surface area contributed by atoms with Crippen LogP contribution in [-0.4, -0.2) is 61.7 Å². The van der Waals surface area contributed by atoms with Gasteiger partial charge in [-0.25, -0.2) is 24.0 Å². The summed E-state index contributed by atoms with van der Waals surface area (Å²) >= 11 is 0. The number of rotatable bonds is 6. The van der Waals surface area contributed by atoms with Gasteiger partial charge in [0.15, 0.2) is 5.82 Å². The van der Waals surface area contributed by atoms with Crippen molar-refractivity contribution in [1.29, 1.82) is 0 Å². The molecule has 1 fully saturated rings. The van der Waals surface area contributed by atoms with E-state index >= 15 is 0 Å². The Morgan fingerprint density at radius 2 is 1.84 bits per heavy atom. The average Bonchev–Trinajstić information content (AvgIpc) is 3.17. The number of carbonyl (C=O) groups is 1. The minimum Gasteiger partial charge on any atom is -0.338 e. The van der Waals surface area contributed by atoms with Crippen LogP contribution in [0.1, 0.15) is 25.2 Å². The number of aromatic nitrogens is 5. The topological polar surface area (TPSA) is 80.0 Å².